The third-order valence-electron chi connectivity index (χ3n) is 2.65. The molecule has 0 saturated heterocycles. The lowest BCUT2D eigenvalue weighted by atomic mass is 10.2. The van der Waals surface area contributed by atoms with Gasteiger partial charge in [0.2, 0.25) is 0 Å². The lowest BCUT2D eigenvalue weighted by molar-refractivity contribution is -0.141. The summed E-state index contributed by atoms with van der Waals surface area (Å²) in [6.45, 7) is 1.26. The molecular weight excluding hydrogens is 320 g/mol. The molecule has 1 aromatic carbocycles. The van der Waals surface area contributed by atoms with Gasteiger partial charge >= 0.3 is 12.0 Å². The Morgan fingerprint density at radius 2 is 2.10 bits per heavy atom. The first kappa shape index (κ1) is 15.4. The number of nitrogens with zero attached hydrogens (tertiary/aromatic N) is 2. The van der Waals surface area contributed by atoms with Gasteiger partial charge in [-0.05, 0) is 19.1 Å². The van der Waals surface area contributed by atoms with E-state index >= 15 is 0 Å². The number of rotatable bonds is 4. The van der Waals surface area contributed by atoms with Crippen molar-refractivity contribution in [3.8, 4) is 0 Å². The number of hydrogen-bond donors (Lipinski definition) is 4. The van der Waals surface area contributed by atoms with Gasteiger partial charge in [-0.3, -0.25) is 0 Å². The number of amides is 2. The fourth-order valence-electron chi connectivity index (χ4n) is 1.63. The minimum absolute atomic E-state index is 0.232. The Bertz CT molecular complexity index is 690. The van der Waals surface area contributed by atoms with Gasteiger partial charge in [0.25, 0.3) is 0 Å². The number of aliphatic hydroxyl groups excluding tert-OH is 1. The highest BCUT2D eigenvalue weighted by atomic mass is 35.5. The second-order valence-corrected chi connectivity index (χ2v) is 5.14. The fourth-order valence-corrected chi connectivity index (χ4v) is 2.37. The number of fused-ring (bicyclic) bond motifs is 1. The van der Waals surface area contributed by atoms with Crippen molar-refractivity contribution in [2.75, 3.05) is 5.32 Å². The van der Waals surface area contributed by atoms with E-state index in [1.165, 1.54) is 6.92 Å². The van der Waals surface area contributed by atoms with Gasteiger partial charge in [0.1, 0.15) is 11.0 Å². The van der Waals surface area contributed by atoms with Gasteiger partial charge in [0, 0.05) is 0 Å². The molecule has 0 saturated carbocycles. The van der Waals surface area contributed by atoms with Gasteiger partial charge in [-0.2, -0.15) is 8.75 Å². The number of carboxylic acids is 1. The Morgan fingerprint density at radius 1 is 1.38 bits per heavy atom. The summed E-state index contributed by atoms with van der Waals surface area (Å²) in [5.74, 6) is -1.35. The molecule has 0 spiro atoms. The third-order valence-corrected chi connectivity index (χ3v) is 3.51. The van der Waals surface area contributed by atoms with Crippen molar-refractivity contribution in [1.29, 1.82) is 0 Å². The van der Waals surface area contributed by atoms with Crippen molar-refractivity contribution in [2.24, 2.45) is 0 Å². The van der Waals surface area contributed by atoms with E-state index in [-0.39, 0.29) is 10.7 Å². The third kappa shape index (κ3) is 3.38. The van der Waals surface area contributed by atoms with Crippen molar-refractivity contribution in [2.45, 2.75) is 19.1 Å². The number of aromatic nitrogens is 2. The minimum atomic E-state index is -1.43. The lowest BCUT2D eigenvalue weighted by Crippen LogP contribution is -2.49. The highest BCUT2D eigenvalue weighted by Gasteiger charge is 2.25. The van der Waals surface area contributed by atoms with E-state index in [4.69, 9.17) is 16.7 Å². The van der Waals surface area contributed by atoms with Gasteiger partial charge in [0.15, 0.2) is 6.04 Å². The van der Waals surface area contributed by atoms with Gasteiger partial charge in [-0.1, -0.05) is 11.6 Å². The normalized spacial score (nSPS) is 13.7. The van der Waals surface area contributed by atoms with E-state index in [1.807, 2.05) is 0 Å². The highest BCUT2D eigenvalue weighted by molar-refractivity contribution is 7.00. The molecule has 1 heterocycles. The van der Waals surface area contributed by atoms with E-state index in [9.17, 15) is 14.7 Å². The SMILES string of the molecule is CC(O)C(NC(=O)Nc1c(Cl)ccc2nsnc12)C(=O)O. The molecule has 2 unspecified atom stereocenters. The molecule has 0 bridgehead atoms. The van der Waals surface area contributed by atoms with E-state index in [1.54, 1.807) is 12.1 Å². The molecule has 1 aromatic heterocycles. The zero-order valence-corrected chi connectivity index (χ0v) is 12.3. The molecule has 21 heavy (non-hydrogen) atoms. The molecule has 2 rings (SSSR count). The van der Waals surface area contributed by atoms with Crippen LogP contribution in [0.1, 0.15) is 6.92 Å². The smallest absolute Gasteiger partial charge is 0.328 e. The predicted molar refractivity (Wildman–Crippen MR) is 77.7 cm³/mol. The summed E-state index contributed by atoms with van der Waals surface area (Å²) in [6.07, 6.45) is -1.25. The van der Waals surface area contributed by atoms with Crippen molar-refractivity contribution in [1.82, 2.24) is 14.1 Å². The summed E-state index contributed by atoms with van der Waals surface area (Å²) in [4.78, 5) is 22.8. The van der Waals surface area contributed by atoms with Crippen LogP contribution >= 0.6 is 23.3 Å². The summed E-state index contributed by atoms with van der Waals surface area (Å²) in [5, 5.41) is 23.0. The van der Waals surface area contributed by atoms with Crippen molar-refractivity contribution in [3.05, 3.63) is 17.2 Å². The number of anilines is 1. The van der Waals surface area contributed by atoms with Crippen LogP contribution in [0.3, 0.4) is 0 Å². The largest absolute Gasteiger partial charge is 0.480 e. The Morgan fingerprint density at radius 3 is 2.71 bits per heavy atom. The van der Waals surface area contributed by atoms with Crippen LogP contribution in [0.15, 0.2) is 12.1 Å². The second kappa shape index (κ2) is 6.20. The number of aliphatic hydroxyl groups is 1. The number of nitrogens with one attached hydrogen (secondary N) is 2. The molecule has 0 aliphatic rings. The Hall–Kier alpha value is -1.97. The maximum Gasteiger partial charge on any atom is 0.328 e. The molecule has 0 fully saturated rings. The Kier molecular flexibility index (Phi) is 4.56. The molecule has 2 atom stereocenters. The zero-order valence-electron chi connectivity index (χ0n) is 10.7. The second-order valence-electron chi connectivity index (χ2n) is 4.21. The lowest BCUT2D eigenvalue weighted by Gasteiger charge is -2.17. The number of aliphatic carboxylic acids is 1. The highest BCUT2D eigenvalue weighted by Crippen LogP contribution is 2.29. The Labute approximate surface area is 128 Å². The van der Waals surface area contributed by atoms with Crippen LogP contribution in [0.5, 0.6) is 0 Å². The number of urea groups is 1. The number of hydrogen-bond acceptors (Lipinski definition) is 6. The molecule has 0 aliphatic heterocycles. The van der Waals surface area contributed by atoms with Crippen molar-refractivity contribution >= 4 is 52.1 Å². The summed E-state index contributed by atoms with van der Waals surface area (Å²) in [7, 11) is 0. The van der Waals surface area contributed by atoms with E-state index in [0.717, 1.165) is 11.7 Å². The van der Waals surface area contributed by atoms with E-state index in [0.29, 0.717) is 11.0 Å². The number of benzene rings is 1. The summed E-state index contributed by atoms with van der Waals surface area (Å²) in [5.41, 5.74) is 1.20. The Balaban J connectivity index is 2.20. The van der Waals surface area contributed by atoms with Crippen molar-refractivity contribution < 1.29 is 19.8 Å². The average Bonchev–Trinajstić information content (AvgIpc) is 2.87. The van der Waals surface area contributed by atoms with Gasteiger partial charge in [-0.15, -0.1) is 0 Å². The topological polar surface area (TPSA) is 124 Å². The van der Waals surface area contributed by atoms with Crippen LogP contribution in [0, 0.1) is 0 Å². The van der Waals surface area contributed by atoms with Crippen LogP contribution < -0.4 is 10.6 Å². The molecule has 0 aliphatic carbocycles. The van der Waals surface area contributed by atoms with Crippen molar-refractivity contribution in [3.63, 3.8) is 0 Å². The number of carboxylic acid groups (broad SMARTS) is 1. The van der Waals surface area contributed by atoms with Crippen LogP contribution in [0.4, 0.5) is 10.5 Å². The van der Waals surface area contributed by atoms with Crippen LogP contribution in [0.25, 0.3) is 11.0 Å². The maximum atomic E-state index is 11.8. The molecule has 2 amide bonds. The van der Waals surface area contributed by atoms with Crippen LogP contribution in [0.2, 0.25) is 5.02 Å². The van der Waals surface area contributed by atoms with Gasteiger partial charge < -0.3 is 20.8 Å². The van der Waals surface area contributed by atoms with E-state index < -0.39 is 24.1 Å². The molecule has 4 N–H and O–H groups in total. The number of carbonyl (C=O) groups is 2. The molecule has 2 aromatic rings. The van der Waals surface area contributed by atoms with Gasteiger partial charge in [-0.25, -0.2) is 9.59 Å². The molecule has 8 nitrogen and oxygen atoms in total. The van der Waals surface area contributed by atoms with Crippen LogP contribution in [-0.4, -0.2) is 43.1 Å². The number of halogens is 1. The molecular formula is C11H11ClN4O4S. The van der Waals surface area contributed by atoms with Crippen LogP contribution in [-0.2, 0) is 4.79 Å². The predicted octanol–water partition coefficient (Wildman–Crippen LogP) is 1.30. The van der Waals surface area contributed by atoms with E-state index in [2.05, 4.69) is 19.4 Å². The summed E-state index contributed by atoms with van der Waals surface area (Å²) >= 11 is 6.96. The number of carbonyl (C=O) groups excluding carboxylic acids is 1. The van der Waals surface area contributed by atoms with Gasteiger partial charge in [0.05, 0.1) is 28.5 Å². The first-order valence-corrected chi connectivity index (χ1v) is 6.90. The quantitative estimate of drug-likeness (QED) is 0.669. The molecule has 0 radical (unpaired) electrons. The minimum Gasteiger partial charge on any atom is -0.480 e. The first-order valence-electron chi connectivity index (χ1n) is 5.79. The maximum absolute atomic E-state index is 11.8. The fraction of sp³-hybridized carbons (Fsp3) is 0.273. The molecule has 112 valence electrons. The standard InChI is InChI=1S/C11H11ClN4O4S/c1-4(17)7(10(18)19)13-11(20)14-8-5(12)2-3-6-9(8)16-21-15-6/h2-4,7,17H,1H3,(H,18,19)(H2,13,14,20). The molecule has 10 heteroatoms. The summed E-state index contributed by atoms with van der Waals surface area (Å²) in [6, 6.07) is 0.951. The first-order chi connectivity index (χ1) is 9.90. The average molecular weight is 331 g/mol. The zero-order chi connectivity index (χ0) is 15.6. The monoisotopic (exact) mass is 330 g/mol. The summed E-state index contributed by atoms with van der Waals surface area (Å²) < 4.78 is 8.03.